The molecule has 20 heavy (non-hydrogen) atoms. The fourth-order valence-electron chi connectivity index (χ4n) is 3.05. The maximum absolute atomic E-state index is 8.84. The van der Waals surface area contributed by atoms with E-state index >= 15 is 0 Å². The normalized spacial score (nSPS) is 18.9. The van der Waals surface area contributed by atoms with Gasteiger partial charge in [-0.3, -0.25) is 0 Å². The van der Waals surface area contributed by atoms with Crippen molar-refractivity contribution < 1.29 is 5.21 Å². The first-order valence-electron chi connectivity index (χ1n) is 7.51. The summed E-state index contributed by atoms with van der Waals surface area (Å²) < 4.78 is 0. The zero-order valence-corrected chi connectivity index (χ0v) is 12.2. The van der Waals surface area contributed by atoms with Crippen LogP contribution in [-0.4, -0.2) is 17.1 Å². The average Bonchev–Trinajstić information content (AvgIpc) is 2.53. The lowest BCUT2D eigenvalue weighted by molar-refractivity contribution is 0.280. The molecule has 0 amide bonds. The van der Waals surface area contributed by atoms with E-state index < -0.39 is 0 Å². The van der Waals surface area contributed by atoms with E-state index in [2.05, 4.69) is 17.4 Å². The van der Waals surface area contributed by atoms with Crippen molar-refractivity contribution >= 4 is 5.84 Å². The molecule has 0 spiro atoms. The van der Waals surface area contributed by atoms with Gasteiger partial charge < -0.3 is 16.3 Å². The molecular weight excluding hydrogens is 250 g/mol. The predicted molar refractivity (Wildman–Crippen MR) is 81.8 cm³/mol. The Morgan fingerprint density at radius 1 is 1.35 bits per heavy atom. The molecule has 1 aliphatic carbocycles. The summed E-state index contributed by atoms with van der Waals surface area (Å²) in [6.45, 7) is 3.02. The zero-order valence-electron chi connectivity index (χ0n) is 12.2. The molecule has 110 valence electrons. The van der Waals surface area contributed by atoms with Crippen LogP contribution < -0.4 is 11.1 Å². The Balaban J connectivity index is 1.96. The van der Waals surface area contributed by atoms with Gasteiger partial charge in [-0.1, -0.05) is 48.7 Å². The molecule has 0 aliphatic heterocycles. The molecule has 4 nitrogen and oxygen atoms in total. The third kappa shape index (κ3) is 3.73. The molecule has 2 rings (SSSR count). The van der Waals surface area contributed by atoms with Crippen LogP contribution in [0.2, 0.25) is 0 Å². The average molecular weight is 275 g/mol. The molecule has 4 heteroatoms. The molecule has 0 aromatic heterocycles. The van der Waals surface area contributed by atoms with Crippen LogP contribution in [0.3, 0.4) is 0 Å². The maximum Gasteiger partial charge on any atom is 0.170 e. The van der Waals surface area contributed by atoms with Gasteiger partial charge in [-0.05, 0) is 31.2 Å². The fraction of sp³-hybridized carbons (Fsp3) is 0.562. The molecule has 1 aromatic rings. The third-order valence-corrected chi connectivity index (χ3v) is 4.37. The number of oxime groups is 1. The quantitative estimate of drug-likeness (QED) is 0.335. The molecule has 1 aliphatic rings. The third-order valence-electron chi connectivity index (χ3n) is 4.37. The Hall–Kier alpha value is -1.55. The smallest absolute Gasteiger partial charge is 0.170 e. The summed E-state index contributed by atoms with van der Waals surface area (Å²) in [5.41, 5.74) is 7.60. The monoisotopic (exact) mass is 275 g/mol. The van der Waals surface area contributed by atoms with E-state index in [1.807, 2.05) is 24.3 Å². The van der Waals surface area contributed by atoms with Crippen molar-refractivity contribution in [3.05, 3.63) is 35.4 Å². The van der Waals surface area contributed by atoms with Gasteiger partial charge in [0.1, 0.15) is 0 Å². The van der Waals surface area contributed by atoms with Crippen molar-refractivity contribution in [1.29, 1.82) is 0 Å². The van der Waals surface area contributed by atoms with Crippen molar-refractivity contribution in [3.63, 3.8) is 0 Å². The molecule has 1 saturated carbocycles. The first-order chi connectivity index (χ1) is 9.72. The molecule has 0 saturated heterocycles. The topological polar surface area (TPSA) is 70.6 Å². The Morgan fingerprint density at radius 2 is 2.05 bits per heavy atom. The molecule has 0 unspecified atom stereocenters. The number of nitrogens with two attached hydrogens (primary N) is 1. The second kappa shape index (κ2) is 7.29. The molecule has 4 N–H and O–H groups in total. The van der Waals surface area contributed by atoms with E-state index in [1.165, 1.54) is 32.1 Å². The van der Waals surface area contributed by atoms with Gasteiger partial charge in [0.2, 0.25) is 0 Å². The van der Waals surface area contributed by atoms with E-state index in [9.17, 15) is 0 Å². The van der Waals surface area contributed by atoms with Crippen molar-refractivity contribution in [2.24, 2.45) is 16.8 Å². The highest BCUT2D eigenvalue weighted by Crippen LogP contribution is 2.26. The van der Waals surface area contributed by atoms with E-state index in [4.69, 9.17) is 10.9 Å². The lowest BCUT2D eigenvalue weighted by Gasteiger charge is -2.28. The lowest BCUT2D eigenvalue weighted by atomic mass is 9.84. The van der Waals surface area contributed by atoms with Gasteiger partial charge in [-0.15, -0.1) is 0 Å². The maximum atomic E-state index is 8.84. The Labute approximate surface area is 121 Å². The van der Waals surface area contributed by atoms with E-state index in [-0.39, 0.29) is 5.84 Å². The molecule has 0 bridgehead atoms. The number of amidine groups is 1. The van der Waals surface area contributed by atoms with Crippen LogP contribution in [0.15, 0.2) is 29.4 Å². The van der Waals surface area contributed by atoms with Gasteiger partial charge in [0, 0.05) is 18.2 Å². The van der Waals surface area contributed by atoms with Crippen LogP contribution in [0.1, 0.15) is 50.2 Å². The molecular formula is C16H25N3O. The second-order valence-electron chi connectivity index (χ2n) is 5.71. The minimum Gasteiger partial charge on any atom is -0.409 e. The van der Waals surface area contributed by atoms with E-state index in [0.717, 1.165) is 23.6 Å². The van der Waals surface area contributed by atoms with Crippen LogP contribution >= 0.6 is 0 Å². The van der Waals surface area contributed by atoms with Gasteiger partial charge in [0.15, 0.2) is 5.84 Å². The number of hydrogen-bond acceptors (Lipinski definition) is 3. The minimum atomic E-state index is 0.174. The molecule has 1 aromatic carbocycles. The van der Waals surface area contributed by atoms with Crippen molar-refractivity contribution in [1.82, 2.24) is 5.32 Å². The van der Waals surface area contributed by atoms with Crippen molar-refractivity contribution in [2.75, 3.05) is 0 Å². The fourth-order valence-corrected chi connectivity index (χ4v) is 3.05. The highest BCUT2D eigenvalue weighted by Gasteiger charge is 2.19. The summed E-state index contributed by atoms with van der Waals surface area (Å²) in [4.78, 5) is 0. The Morgan fingerprint density at radius 3 is 2.75 bits per heavy atom. The van der Waals surface area contributed by atoms with Gasteiger partial charge in [0.05, 0.1) is 0 Å². The van der Waals surface area contributed by atoms with Crippen LogP contribution in [-0.2, 0) is 6.54 Å². The van der Waals surface area contributed by atoms with Crippen LogP contribution in [0, 0.1) is 5.92 Å². The van der Waals surface area contributed by atoms with Crippen LogP contribution in [0.25, 0.3) is 0 Å². The lowest BCUT2D eigenvalue weighted by Crippen LogP contribution is -2.34. The summed E-state index contributed by atoms with van der Waals surface area (Å²) in [6.07, 6.45) is 6.76. The summed E-state index contributed by atoms with van der Waals surface area (Å²) in [6, 6.07) is 8.30. The zero-order chi connectivity index (χ0) is 14.4. The molecule has 1 atom stereocenters. The standard InChI is InChI=1S/C16H25N3O/c1-12(13-7-3-2-4-8-13)18-11-14-9-5-6-10-15(14)16(17)19-20/h5-6,9-10,12-13,18,20H,2-4,7-8,11H2,1H3,(H2,17,19)/t12-/m0/s1. The largest absolute Gasteiger partial charge is 0.409 e. The van der Waals surface area contributed by atoms with Crippen LogP contribution in [0.5, 0.6) is 0 Å². The van der Waals surface area contributed by atoms with Crippen molar-refractivity contribution in [2.45, 2.75) is 51.6 Å². The highest BCUT2D eigenvalue weighted by atomic mass is 16.4. The first-order valence-corrected chi connectivity index (χ1v) is 7.51. The van der Waals surface area contributed by atoms with Gasteiger partial charge >= 0.3 is 0 Å². The van der Waals surface area contributed by atoms with Gasteiger partial charge in [0.25, 0.3) is 0 Å². The summed E-state index contributed by atoms with van der Waals surface area (Å²) in [5.74, 6) is 0.951. The number of rotatable bonds is 5. The number of hydrogen-bond donors (Lipinski definition) is 3. The van der Waals surface area contributed by atoms with Gasteiger partial charge in [-0.2, -0.15) is 0 Å². The van der Waals surface area contributed by atoms with Gasteiger partial charge in [-0.25, -0.2) is 0 Å². The van der Waals surface area contributed by atoms with E-state index in [1.54, 1.807) is 0 Å². The highest BCUT2D eigenvalue weighted by molar-refractivity contribution is 5.98. The number of benzene rings is 1. The second-order valence-corrected chi connectivity index (χ2v) is 5.71. The van der Waals surface area contributed by atoms with Crippen LogP contribution in [0.4, 0.5) is 0 Å². The Bertz CT molecular complexity index is 453. The summed E-state index contributed by atoms with van der Waals surface area (Å²) in [7, 11) is 0. The molecule has 0 heterocycles. The number of nitrogens with one attached hydrogen (secondary N) is 1. The Kier molecular flexibility index (Phi) is 5.41. The molecule has 0 radical (unpaired) electrons. The molecule has 1 fully saturated rings. The van der Waals surface area contributed by atoms with Crippen molar-refractivity contribution in [3.8, 4) is 0 Å². The predicted octanol–water partition coefficient (Wildman–Crippen LogP) is 2.84. The number of nitrogens with zero attached hydrogens (tertiary/aromatic N) is 1. The summed E-state index contributed by atoms with van der Waals surface area (Å²) in [5, 5.41) is 15.5. The SMILES string of the molecule is C[C@H](NCc1ccccc1/C(N)=N/O)C1CCCCC1. The summed E-state index contributed by atoms with van der Waals surface area (Å²) >= 11 is 0. The minimum absolute atomic E-state index is 0.174. The van der Waals surface area contributed by atoms with E-state index in [0.29, 0.717) is 6.04 Å². The first kappa shape index (κ1) is 14.9.